The molecule has 4 amide bonds. The maximum Gasteiger partial charge on any atom is 0.327 e. The fourth-order valence-electron chi connectivity index (χ4n) is 4.86. The summed E-state index contributed by atoms with van der Waals surface area (Å²) >= 11 is 0. The monoisotopic (exact) mass is 482 g/mol. The molecule has 1 N–H and O–H groups in total. The Morgan fingerprint density at radius 2 is 1.79 bits per heavy atom. The van der Waals surface area contributed by atoms with E-state index in [2.05, 4.69) is 10.2 Å². The summed E-state index contributed by atoms with van der Waals surface area (Å²) in [6.45, 7) is 9.63. The molecule has 0 radical (unpaired) electrons. The Labute approximate surface area is 202 Å². The van der Waals surface area contributed by atoms with Crippen LogP contribution in [0.4, 0.5) is 9.18 Å². The highest BCUT2D eigenvalue weighted by atomic mass is 35.5. The number of rotatable bonds is 7. The molecule has 2 fully saturated rings. The van der Waals surface area contributed by atoms with Crippen molar-refractivity contribution >= 4 is 30.3 Å². The van der Waals surface area contributed by atoms with E-state index < -0.39 is 5.54 Å². The van der Waals surface area contributed by atoms with Gasteiger partial charge in [-0.25, -0.2) is 9.18 Å². The van der Waals surface area contributed by atoms with Gasteiger partial charge in [0, 0.05) is 38.6 Å². The number of carbonyl (C=O) groups excluding carboxylic acids is 3. The van der Waals surface area contributed by atoms with Gasteiger partial charge < -0.3 is 15.1 Å². The molecule has 33 heavy (non-hydrogen) atoms. The van der Waals surface area contributed by atoms with Crippen LogP contribution < -0.4 is 5.32 Å². The maximum atomic E-state index is 13.8. The first-order valence-corrected chi connectivity index (χ1v) is 11.5. The predicted octanol–water partition coefficient (Wildman–Crippen LogP) is 3.59. The van der Waals surface area contributed by atoms with E-state index in [0.29, 0.717) is 38.9 Å². The van der Waals surface area contributed by atoms with Gasteiger partial charge in [-0.1, -0.05) is 26.0 Å². The zero-order valence-corrected chi connectivity index (χ0v) is 21.0. The highest BCUT2D eigenvalue weighted by molar-refractivity contribution is 6.07. The number of imide groups is 1. The second-order valence-electron chi connectivity index (χ2n) is 9.54. The third-order valence-electron chi connectivity index (χ3n) is 6.68. The van der Waals surface area contributed by atoms with Gasteiger partial charge in [0.2, 0.25) is 5.91 Å². The number of nitrogens with zero attached hydrogens (tertiary/aromatic N) is 3. The molecule has 7 nitrogen and oxygen atoms in total. The van der Waals surface area contributed by atoms with Crippen molar-refractivity contribution in [3.63, 3.8) is 0 Å². The molecule has 3 rings (SSSR count). The van der Waals surface area contributed by atoms with Gasteiger partial charge in [0.05, 0.1) is 6.04 Å². The molecule has 184 valence electrons. The van der Waals surface area contributed by atoms with Crippen LogP contribution in [-0.2, 0) is 9.59 Å². The molecule has 2 saturated heterocycles. The Bertz CT molecular complexity index is 871. The van der Waals surface area contributed by atoms with Crippen molar-refractivity contribution in [2.75, 3.05) is 26.7 Å². The SMILES string of the molecule is CC(C)C(=O)N[C@@H](CCN1CCC2(CC1)C(=O)N(C)C(=O)N2C(C)C)c1cccc(F)c1.Cl. The van der Waals surface area contributed by atoms with Crippen LogP contribution in [0.5, 0.6) is 0 Å². The first kappa shape index (κ1) is 27.1. The molecule has 0 saturated carbocycles. The fraction of sp³-hybridized carbons (Fsp3) is 0.625. The van der Waals surface area contributed by atoms with Crippen molar-refractivity contribution in [2.45, 2.75) is 64.6 Å². The first-order valence-electron chi connectivity index (χ1n) is 11.5. The van der Waals surface area contributed by atoms with Crippen LogP contribution >= 0.6 is 12.4 Å². The Kier molecular flexibility index (Phi) is 8.88. The van der Waals surface area contributed by atoms with Gasteiger partial charge in [0.1, 0.15) is 11.4 Å². The number of carbonyl (C=O) groups is 3. The van der Waals surface area contributed by atoms with Gasteiger partial charge in [-0.15, -0.1) is 12.4 Å². The number of hydrogen-bond acceptors (Lipinski definition) is 4. The standard InChI is InChI=1S/C24H35FN4O3.ClH/c1-16(2)21(30)26-20(18-7-6-8-19(25)15-18)9-12-28-13-10-24(11-14-28)22(31)27(5)23(32)29(24)17(3)4;/h6-8,15-17,20H,9-14H2,1-5H3,(H,26,30);1H/t20-;/m0./s1. The number of halogens is 2. The molecular formula is C24H36ClFN4O3. The van der Waals surface area contributed by atoms with E-state index in [4.69, 9.17) is 0 Å². The van der Waals surface area contributed by atoms with Crippen LogP contribution in [-0.4, -0.2) is 70.8 Å². The number of benzene rings is 1. The van der Waals surface area contributed by atoms with Crippen molar-refractivity contribution in [2.24, 2.45) is 5.92 Å². The van der Waals surface area contributed by atoms with E-state index >= 15 is 0 Å². The summed E-state index contributed by atoms with van der Waals surface area (Å²) in [5.74, 6) is -0.667. The lowest BCUT2D eigenvalue weighted by Gasteiger charge is -2.44. The lowest BCUT2D eigenvalue weighted by atomic mass is 9.85. The number of likely N-dealkylation sites (tertiary alicyclic amines) is 1. The zero-order valence-electron chi connectivity index (χ0n) is 20.1. The van der Waals surface area contributed by atoms with Gasteiger partial charge >= 0.3 is 6.03 Å². The van der Waals surface area contributed by atoms with Crippen molar-refractivity contribution in [1.29, 1.82) is 0 Å². The minimum atomic E-state index is -0.760. The van der Waals surface area contributed by atoms with Crippen LogP contribution in [0.1, 0.15) is 58.6 Å². The summed E-state index contributed by atoms with van der Waals surface area (Å²) in [5, 5.41) is 3.04. The number of likely N-dealkylation sites (N-methyl/N-ethyl adjacent to an activating group) is 1. The molecule has 0 unspecified atom stereocenters. The molecular weight excluding hydrogens is 447 g/mol. The molecule has 2 heterocycles. The largest absolute Gasteiger partial charge is 0.349 e. The zero-order chi connectivity index (χ0) is 23.6. The van der Waals surface area contributed by atoms with Gasteiger partial charge in [0.15, 0.2) is 0 Å². The topological polar surface area (TPSA) is 73.0 Å². The third-order valence-corrected chi connectivity index (χ3v) is 6.68. The molecule has 0 aliphatic carbocycles. The second-order valence-corrected chi connectivity index (χ2v) is 9.54. The first-order chi connectivity index (χ1) is 15.1. The van der Waals surface area contributed by atoms with E-state index in [1.807, 2.05) is 33.8 Å². The highest BCUT2D eigenvalue weighted by Crippen LogP contribution is 2.38. The Morgan fingerprint density at radius 1 is 1.15 bits per heavy atom. The predicted molar refractivity (Wildman–Crippen MR) is 128 cm³/mol. The van der Waals surface area contributed by atoms with E-state index in [1.54, 1.807) is 18.0 Å². The van der Waals surface area contributed by atoms with Crippen molar-refractivity contribution in [1.82, 2.24) is 20.0 Å². The maximum absolute atomic E-state index is 13.8. The third kappa shape index (κ3) is 5.49. The quantitative estimate of drug-likeness (QED) is 0.603. The lowest BCUT2D eigenvalue weighted by Crippen LogP contribution is -2.58. The van der Waals surface area contributed by atoms with E-state index in [-0.39, 0.29) is 54.1 Å². The number of nitrogens with one attached hydrogen (secondary N) is 1. The van der Waals surface area contributed by atoms with E-state index in [9.17, 15) is 18.8 Å². The van der Waals surface area contributed by atoms with Gasteiger partial charge in [-0.3, -0.25) is 14.5 Å². The van der Waals surface area contributed by atoms with Crippen LogP contribution in [0.2, 0.25) is 0 Å². The Hall–Kier alpha value is -2.19. The number of hydrogen-bond donors (Lipinski definition) is 1. The van der Waals surface area contributed by atoms with Crippen LogP contribution in [0, 0.1) is 11.7 Å². The average molecular weight is 483 g/mol. The fourth-order valence-corrected chi connectivity index (χ4v) is 4.86. The normalized spacial score (nSPS) is 19.4. The van der Waals surface area contributed by atoms with Gasteiger partial charge in [-0.05, 0) is 50.8 Å². The molecule has 2 aliphatic heterocycles. The summed E-state index contributed by atoms with van der Waals surface area (Å²) in [5.41, 5.74) is -0.0127. The summed E-state index contributed by atoms with van der Waals surface area (Å²) in [7, 11) is 1.56. The number of amides is 4. The summed E-state index contributed by atoms with van der Waals surface area (Å²) in [6, 6.07) is 5.79. The van der Waals surface area contributed by atoms with Crippen LogP contribution in [0.3, 0.4) is 0 Å². The molecule has 0 aromatic heterocycles. The van der Waals surface area contributed by atoms with Crippen molar-refractivity contribution < 1.29 is 18.8 Å². The smallest absolute Gasteiger partial charge is 0.327 e. The lowest BCUT2D eigenvalue weighted by molar-refractivity contribution is -0.135. The molecule has 1 aromatic rings. The molecule has 1 aromatic carbocycles. The second kappa shape index (κ2) is 10.8. The molecule has 1 spiro atoms. The van der Waals surface area contributed by atoms with Crippen LogP contribution in [0.15, 0.2) is 24.3 Å². The van der Waals surface area contributed by atoms with Crippen molar-refractivity contribution in [3.8, 4) is 0 Å². The Balaban J connectivity index is 0.00000385. The van der Waals surface area contributed by atoms with E-state index in [1.165, 1.54) is 17.0 Å². The number of urea groups is 1. The van der Waals surface area contributed by atoms with Gasteiger partial charge in [-0.2, -0.15) is 0 Å². The minimum absolute atomic E-state index is 0. The molecule has 0 bridgehead atoms. The average Bonchev–Trinajstić information content (AvgIpc) is 2.93. The summed E-state index contributed by atoms with van der Waals surface area (Å²) in [6.07, 6.45) is 1.81. The molecule has 2 aliphatic rings. The summed E-state index contributed by atoms with van der Waals surface area (Å²) in [4.78, 5) is 43.1. The summed E-state index contributed by atoms with van der Waals surface area (Å²) < 4.78 is 13.8. The minimum Gasteiger partial charge on any atom is -0.349 e. The Morgan fingerprint density at radius 3 is 2.33 bits per heavy atom. The van der Waals surface area contributed by atoms with E-state index in [0.717, 1.165) is 5.56 Å². The van der Waals surface area contributed by atoms with Gasteiger partial charge in [0.25, 0.3) is 5.91 Å². The van der Waals surface area contributed by atoms with Crippen molar-refractivity contribution in [3.05, 3.63) is 35.6 Å². The molecule has 9 heteroatoms. The van der Waals surface area contributed by atoms with Crippen LogP contribution in [0.25, 0.3) is 0 Å². The highest BCUT2D eigenvalue weighted by Gasteiger charge is 2.57. The molecule has 1 atom stereocenters. The number of piperidine rings is 1.